The topological polar surface area (TPSA) is 88.2 Å². The molecule has 0 aliphatic heterocycles. The van der Waals surface area contributed by atoms with Gasteiger partial charge in [0.1, 0.15) is 5.15 Å². The minimum atomic E-state index is -0.362. The molecule has 0 radical (unpaired) electrons. The number of aromatic nitrogens is 1. The number of aliphatic hydroxyl groups is 1. The fourth-order valence-corrected chi connectivity index (χ4v) is 1.46. The first kappa shape index (κ1) is 13.7. The molecular weight excluding hydrogens is 242 g/mol. The highest BCUT2D eigenvalue weighted by atomic mass is 35.5. The first-order valence-corrected chi connectivity index (χ1v) is 5.66. The fourth-order valence-electron chi connectivity index (χ4n) is 1.31. The van der Waals surface area contributed by atoms with Gasteiger partial charge in [-0.15, -0.1) is 0 Å². The molecule has 0 aromatic carbocycles. The van der Waals surface area contributed by atoms with Gasteiger partial charge in [-0.05, 0) is 12.0 Å². The normalized spacial score (nSPS) is 12.5. The number of hydrogen-bond acceptors (Lipinski definition) is 4. The van der Waals surface area contributed by atoms with Crippen LogP contribution in [-0.2, 0) is 0 Å². The second-order valence-electron chi connectivity index (χ2n) is 4.10. The number of rotatable bonds is 4. The summed E-state index contributed by atoms with van der Waals surface area (Å²) in [7, 11) is 0. The molecule has 0 unspecified atom stereocenters. The van der Waals surface area contributed by atoms with E-state index in [-0.39, 0.29) is 40.9 Å². The molecule has 1 atom stereocenters. The number of pyridine rings is 1. The van der Waals surface area contributed by atoms with Gasteiger partial charge in [0.2, 0.25) is 0 Å². The van der Waals surface area contributed by atoms with Crippen LogP contribution < -0.4 is 11.1 Å². The first-order chi connectivity index (χ1) is 7.95. The molecule has 1 aromatic rings. The van der Waals surface area contributed by atoms with Crippen molar-refractivity contribution in [2.24, 2.45) is 5.92 Å². The maximum absolute atomic E-state index is 11.9. The number of anilines is 1. The molecule has 6 heteroatoms. The highest BCUT2D eigenvalue weighted by molar-refractivity contribution is 6.29. The second kappa shape index (κ2) is 5.84. The highest BCUT2D eigenvalue weighted by Crippen LogP contribution is 2.15. The van der Waals surface area contributed by atoms with Crippen molar-refractivity contribution in [1.82, 2.24) is 10.3 Å². The number of carbonyl (C=O) groups is 1. The van der Waals surface area contributed by atoms with E-state index in [0.717, 1.165) is 0 Å². The minimum Gasteiger partial charge on any atom is -0.397 e. The van der Waals surface area contributed by atoms with E-state index in [2.05, 4.69) is 10.3 Å². The lowest BCUT2D eigenvalue weighted by atomic mass is 10.0. The number of nitrogen functional groups attached to an aromatic ring is 1. The lowest BCUT2D eigenvalue weighted by Gasteiger charge is -2.20. The Morgan fingerprint density at radius 1 is 1.65 bits per heavy atom. The summed E-state index contributed by atoms with van der Waals surface area (Å²) in [5, 5.41) is 12.0. The van der Waals surface area contributed by atoms with Gasteiger partial charge in [0.25, 0.3) is 5.91 Å². The minimum absolute atomic E-state index is 0.123. The van der Waals surface area contributed by atoms with E-state index in [1.165, 1.54) is 12.3 Å². The van der Waals surface area contributed by atoms with Crippen LogP contribution in [0.15, 0.2) is 12.3 Å². The van der Waals surface area contributed by atoms with Crippen molar-refractivity contribution in [3.05, 3.63) is 23.0 Å². The van der Waals surface area contributed by atoms with Gasteiger partial charge in [-0.3, -0.25) is 4.79 Å². The third-order valence-corrected chi connectivity index (χ3v) is 2.67. The summed E-state index contributed by atoms with van der Waals surface area (Å²) >= 11 is 5.70. The standard InChI is InChI=1S/C11H16ClN3O2/c1-6(2)9(5-16)15-11(17)7-3-10(12)14-4-8(7)13/h3-4,6,9,16H,5,13H2,1-2H3,(H,15,17)/t9-/m1/s1. The van der Waals surface area contributed by atoms with Gasteiger partial charge < -0.3 is 16.2 Å². The van der Waals surface area contributed by atoms with Gasteiger partial charge in [-0.1, -0.05) is 25.4 Å². The zero-order valence-corrected chi connectivity index (χ0v) is 10.5. The van der Waals surface area contributed by atoms with Crippen LogP contribution in [0.25, 0.3) is 0 Å². The van der Waals surface area contributed by atoms with Crippen molar-refractivity contribution in [1.29, 1.82) is 0 Å². The van der Waals surface area contributed by atoms with Crippen LogP contribution >= 0.6 is 11.6 Å². The van der Waals surface area contributed by atoms with E-state index in [9.17, 15) is 4.79 Å². The van der Waals surface area contributed by atoms with Crippen molar-refractivity contribution < 1.29 is 9.90 Å². The van der Waals surface area contributed by atoms with Crippen molar-refractivity contribution in [3.63, 3.8) is 0 Å². The molecule has 0 saturated heterocycles. The second-order valence-corrected chi connectivity index (χ2v) is 4.49. The quantitative estimate of drug-likeness (QED) is 0.704. The summed E-state index contributed by atoms with van der Waals surface area (Å²) in [6.45, 7) is 3.69. The molecule has 0 spiro atoms. The van der Waals surface area contributed by atoms with Crippen LogP contribution in [-0.4, -0.2) is 28.6 Å². The zero-order chi connectivity index (χ0) is 13.0. The number of hydrogen-bond donors (Lipinski definition) is 3. The summed E-state index contributed by atoms with van der Waals surface area (Å²) in [5.74, 6) is -0.234. The summed E-state index contributed by atoms with van der Waals surface area (Å²) in [6, 6.07) is 1.09. The van der Waals surface area contributed by atoms with E-state index in [1.54, 1.807) is 0 Å². The average molecular weight is 258 g/mol. The van der Waals surface area contributed by atoms with Gasteiger partial charge in [0.05, 0.1) is 30.1 Å². The molecule has 0 saturated carbocycles. The number of nitrogens with two attached hydrogens (primary N) is 1. The number of amides is 1. The Bertz CT molecular complexity index is 410. The van der Waals surface area contributed by atoms with Crippen LogP contribution in [0.1, 0.15) is 24.2 Å². The monoisotopic (exact) mass is 257 g/mol. The first-order valence-electron chi connectivity index (χ1n) is 5.28. The predicted molar refractivity (Wildman–Crippen MR) is 66.8 cm³/mol. The number of carbonyl (C=O) groups excluding carboxylic acids is 1. The molecule has 5 nitrogen and oxygen atoms in total. The van der Waals surface area contributed by atoms with Gasteiger partial charge in [-0.2, -0.15) is 0 Å². The van der Waals surface area contributed by atoms with Crippen molar-refractivity contribution >= 4 is 23.2 Å². The molecular formula is C11H16ClN3O2. The van der Waals surface area contributed by atoms with Gasteiger partial charge >= 0.3 is 0 Å². The van der Waals surface area contributed by atoms with E-state index in [1.807, 2.05) is 13.8 Å². The summed E-state index contributed by atoms with van der Waals surface area (Å²) in [6.07, 6.45) is 1.33. The summed E-state index contributed by atoms with van der Waals surface area (Å²) < 4.78 is 0. The summed E-state index contributed by atoms with van der Waals surface area (Å²) in [4.78, 5) is 15.7. The largest absolute Gasteiger partial charge is 0.397 e. The molecule has 94 valence electrons. The van der Waals surface area contributed by atoms with E-state index in [0.29, 0.717) is 0 Å². The lowest BCUT2D eigenvalue weighted by Crippen LogP contribution is -2.41. The molecule has 0 aliphatic rings. The van der Waals surface area contributed by atoms with Gasteiger partial charge in [0, 0.05) is 0 Å². The molecule has 1 aromatic heterocycles. The molecule has 1 heterocycles. The molecule has 4 N–H and O–H groups in total. The molecule has 0 bridgehead atoms. The van der Waals surface area contributed by atoms with Crippen LogP contribution in [0.2, 0.25) is 5.15 Å². The zero-order valence-electron chi connectivity index (χ0n) is 9.77. The van der Waals surface area contributed by atoms with E-state index < -0.39 is 0 Å². The SMILES string of the molecule is CC(C)[C@@H](CO)NC(=O)c1cc(Cl)ncc1N. The highest BCUT2D eigenvalue weighted by Gasteiger charge is 2.18. The molecule has 1 amide bonds. The number of nitrogens with zero attached hydrogens (tertiary/aromatic N) is 1. The number of aliphatic hydroxyl groups excluding tert-OH is 1. The average Bonchev–Trinajstić information content (AvgIpc) is 2.28. The van der Waals surface area contributed by atoms with Crippen LogP contribution in [0.4, 0.5) is 5.69 Å². The molecule has 0 aliphatic carbocycles. The molecule has 17 heavy (non-hydrogen) atoms. The van der Waals surface area contributed by atoms with Crippen LogP contribution in [0.3, 0.4) is 0 Å². The van der Waals surface area contributed by atoms with Gasteiger partial charge in [-0.25, -0.2) is 4.98 Å². The Morgan fingerprint density at radius 2 is 2.29 bits per heavy atom. The smallest absolute Gasteiger partial charge is 0.253 e. The Labute approximate surface area is 105 Å². The van der Waals surface area contributed by atoms with Crippen LogP contribution in [0, 0.1) is 5.92 Å². The number of nitrogens with one attached hydrogen (secondary N) is 1. The van der Waals surface area contributed by atoms with Crippen molar-refractivity contribution in [2.75, 3.05) is 12.3 Å². The predicted octanol–water partition coefficient (Wildman–Crippen LogP) is 1.06. The third-order valence-electron chi connectivity index (χ3n) is 2.46. The van der Waals surface area contributed by atoms with Crippen molar-refractivity contribution in [2.45, 2.75) is 19.9 Å². The third kappa shape index (κ3) is 3.57. The Hall–Kier alpha value is -1.33. The Balaban J connectivity index is 2.86. The fraction of sp³-hybridized carbons (Fsp3) is 0.455. The van der Waals surface area contributed by atoms with E-state index >= 15 is 0 Å². The Morgan fingerprint density at radius 3 is 2.82 bits per heavy atom. The van der Waals surface area contributed by atoms with Crippen molar-refractivity contribution in [3.8, 4) is 0 Å². The molecule has 1 rings (SSSR count). The van der Waals surface area contributed by atoms with E-state index in [4.69, 9.17) is 22.4 Å². The number of halogens is 1. The summed E-state index contributed by atoms with van der Waals surface area (Å²) in [5.41, 5.74) is 6.16. The Kier molecular flexibility index (Phi) is 4.72. The van der Waals surface area contributed by atoms with Crippen LogP contribution in [0.5, 0.6) is 0 Å². The lowest BCUT2D eigenvalue weighted by molar-refractivity contribution is 0.0897. The van der Waals surface area contributed by atoms with Gasteiger partial charge in [0.15, 0.2) is 0 Å². The maximum atomic E-state index is 11.9. The maximum Gasteiger partial charge on any atom is 0.253 e. The molecule has 0 fully saturated rings.